The molecule has 0 aliphatic carbocycles. The average molecular weight is 247 g/mol. The van der Waals surface area contributed by atoms with Crippen molar-refractivity contribution in [2.75, 3.05) is 18.4 Å². The van der Waals surface area contributed by atoms with Gasteiger partial charge in [-0.1, -0.05) is 18.2 Å². The lowest BCUT2D eigenvalue weighted by Gasteiger charge is -2.34. The molecule has 0 bridgehead atoms. The molecule has 1 amide bonds. The normalized spacial score (nSPS) is 22.4. The summed E-state index contributed by atoms with van der Waals surface area (Å²) in [5.41, 5.74) is 6.79. The van der Waals surface area contributed by atoms with Gasteiger partial charge < -0.3 is 11.1 Å². The number of anilines is 1. The molecule has 0 spiro atoms. The molecule has 1 aliphatic rings. The number of likely N-dealkylation sites (tertiary alicyclic amines) is 1. The van der Waals surface area contributed by atoms with Crippen molar-refractivity contribution >= 4 is 11.6 Å². The second-order valence-electron chi connectivity index (χ2n) is 4.93. The van der Waals surface area contributed by atoms with Gasteiger partial charge in [-0.2, -0.15) is 0 Å². The molecule has 4 heteroatoms. The standard InChI is InChI=1S/C14H21N3O/c1-11(17-9-5-6-12(15)10-17)14(18)16-13-7-3-2-4-8-13/h2-4,7-8,11-12H,5-6,9-10,15H2,1H3,(H,16,18). The Morgan fingerprint density at radius 3 is 2.83 bits per heavy atom. The minimum Gasteiger partial charge on any atom is -0.327 e. The minimum absolute atomic E-state index is 0.0373. The summed E-state index contributed by atoms with van der Waals surface area (Å²) >= 11 is 0. The van der Waals surface area contributed by atoms with Crippen LogP contribution in [0.15, 0.2) is 30.3 Å². The number of nitrogens with zero attached hydrogens (tertiary/aromatic N) is 1. The zero-order valence-electron chi connectivity index (χ0n) is 10.8. The van der Waals surface area contributed by atoms with Crippen molar-refractivity contribution in [3.05, 3.63) is 30.3 Å². The molecule has 98 valence electrons. The number of nitrogens with one attached hydrogen (secondary N) is 1. The van der Waals surface area contributed by atoms with Crippen LogP contribution in [0.25, 0.3) is 0 Å². The summed E-state index contributed by atoms with van der Waals surface area (Å²) in [6.45, 7) is 3.71. The van der Waals surface area contributed by atoms with Gasteiger partial charge in [0.05, 0.1) is 6.04 Å². The van der Waals surface area contributed by atoms with Crippen LogP contribution in [0.5, 0.6) is 0 Å². The van der Waals surface area contributed by atoms with Crippen molar-refractivity contribution in [2.24, 2.45) is 5.73 Å². The first-order valence-electron chi connectivity index (χ1n) is 6.52. The third-order valence-corrected chi connectivity index (χ3v) is 3.46. The summed E-state index contributed by atoms with van der Waals surface area (Å²) in [4.78, 5) is 14.3. The monoisotopic (exact) mass is 247 g/mol. The molecule has 1 heterocycles. The van der Waals surface area contributed by atoms with Crippen molar-refractivity contribution in [3.8, 4) is 0 Å². The summed E-state index contributed by atoms with van der Waals surface area (Å²) in [6.07, 6.45) is 2.13. The van der Waals surface area contributed by atoms with E-state index in [1.165, 1.54) is 0 Å². The second-order valence-corrected chi connectivity index (χ2v) is 4.93. The van der Waals surface area contributed by atoms with Crippen LogP contribution in [0, 0.1) is 0 Å². The second kappa shape index (κ2) is 5.98. The van der Waals surface area contributed by atoms with E-state index in [1.807, 2.05) is 37.3 Å². The van der Waals surface area contributed by atoms with Gasteiger partial charge in [-0.15, -0.1) is 0 Å². The largest absolute Gasteiger partial charge is 0.327 e. The fraction of sp³-hybridized carbons (Fsp3) is 0.500. The summed E-state index contributed by atoms with van der Waals surface area (Å²) in [7, 11) is 0. The van der Waals surface area contributed by atoms with Crippen LogP contribution in [0.3, 0.4) is 0 Å². The Balaban J connectivity index is 1.92. The van der Waals surface area contributed by atoms with E-state index in [0.717, 1.165) is 31.6 Å². The number of hydrogen-bond donors (Lipinski definition) is 2. The molecule has 0 saturated carbocycles. The first-order chi connectivity index (χ1) is 8.66. The van der Waals surface area contributed by atoms with Crippen LogP contribution in [-0.4, -0.2) is 36.0 Å². The zero-order chi connectivity index (χ0) is 13.0. The molecule has 0 radical (unpaired) electrons. The molecule has 0 aromatic heterocycles. The van der Waals surface area contributed by atoms with Gasteiger partial charge in [0.2, 0.25) is 5.91 Å². The molecule has 1 aromatic rings. The third-order valence-electron chi connectivity index (χ3n) is 3.46. The van der Waals surface area contributed by atoms with E-state index in [2.05, 4.69) is 10.2 Å². The molecule has 2 rings (SSSR count). The van der Waals surface area contributed by atoms with Gasteiger partial charge in [-0.3, -0.25) is 9.69 Å². The highest BCUT2D eigenvalue weighted by molar-refractivity contribution is 5.94. The Labute approximate surface area is 108 Å². The molecular weight excluding hydrogens is 226 g/mol. The van der Waals surface area contributed by atoms with Gasteiger partial charge in [0.15, 0.2) is 0 Å². The van der Waals surface area contributed by atoms with Gasteiger partial charge in [-0.05, 0) is 38.4 Å². The maximum absolute atomic E-state index is 12.1. The van der Waals surface area contributed by atoms with Gasteiger partial charge in [0.1, 0.15) is 0 Å². The first-order valence-corrected chi connectivity index (χ1v) is 6.52. The lowest BCUT2D eigenvalue weighted by atomic mass is 10.0. The van der Waals surface area contributed by atoms with Crippen LogP contribution >= 0.6 is 0 Å². The Morgan fingerprint density at radius 2 is 2.17 bits per heavy atom. The predicted octanol–water partition coefficient (Wildman–Crippen LogP) is 1.44. The van der Waals surface area contributed by atoms with E-state index in [0.29, 0.717) is 0 Å². The van der Waals surface area contributed by atoms with E-state index in [1.54, 1.807) is 0 Å². The summed E-state index contributed by atoms with van der Waals surface area (Å²) in [5.74, 6) is 0.0373. The number of benzene rings is 1. The van der Waals surface area contributed by atoms with Crippen molar-refractivity contribution in [1.29, 1.82) is 0 Å². The van der Waals surface area contributed by atoms with E-state index in [9.17, 15) is 4.79 Å². The van der Waals surface area contributed by atoms with Gasteiger partial charge in [-0.25, -0.2) is 0 Å². The molecular formula is C14H21N3O. The van der Waals surface area contributed by atoms with Crippen molar-refractivity contribution < 1.29 is 4.79 Å². The minimum atomic E-state index is -0.128. The molecule has 4 nitrogen and oxygen atoms in total. The van der Waals surface area contributed by atoms with Crippen molar-refractivity contribution in [1.82, 2.24) is 4.90 Å². The first kappa shape index (κ1) is 13.1. The number of carbonyl (C=O) groups is 1. The smallest absolute Gasteiger partial charge is 0.241 e. The zero-order valence-corrected chi connectivity index (χ0v) is 10.8. The maximum atomic E-state index is 12.1. The van der Waals surface area contributed by atoms with Gasteiger partial charge in [0, 0.05) is 18.3 Å². The molecule has 1 aliphatic heterocycles. The predicted molar refractivity (Wildman–Crippen MR) is 73.3 cm³/mol. The van der Waals surface area contributed by atoms with Gasteiger partial charge >= 0.3 is 0 Å². The molecule has 1 saturated heterocycles. The molecule has 18 heavy (non-hydrogen) atoms. The van der Waals surface area contributed by atoms with E-state index >= 15 is 0 Å². The lowest BCUT2D eigenvalue weighted by molar-refractivity contribution is -0.121. The number of nitrogens with two attached hydrogens (primary N) is 1. The van der Waals surface area contributed by atoms with E-state index in [-0.39, 0.29) is 18.0 Å². The molecule has 1 fully saturated rings. The molecule has 1 aromatic carbocycles. The number of amides is 1. The van der Waals surface area contributed by atoms with Crippen LogP contribution in [0.1, 0.15) is 19.8 Å². The highest BCUT2D eigenvalue weighted by atomic mass is 16.2. The Hall–Kier alpha value is -1.39. The van der Waals surface area contributed by atoms with Crippen molar-refractivity contribution in [2.45, 2.75) is 31.8 Å². The van der Waals surface area contributed by atoms with Crippen LogP contribution in [0.4, 0.5) is 5.69 Å². The van der Waals surface area contributed by atoms with E-state index in [4.69, 9.17) is 5.73 Å². The van der Waals surface area contributed by atoms with Crippen LogP contribution in [0.2, 0.25) is 0 Å². The number of piperidine rings is 1. The summed E-state index contributed by atoms with van der Waals surface area (Å²) < 4.78 is 0. The number of para-hydroxylation sites is 1. The topological polar surface area (TPSA) is 58.4 Å². The highest BCUT2D eigenvalue weighted by Crippen LogP contribution is 2.13. The molecule has 2 unspecified atom stereocenters. The average Bonchev–Trinajstić information content (AvgIpc) is 2.39. The van der Waals surface area contributed by atoms with Crippen LogP contribution < -0.4 is 11.1 Å². The molecule has 2 atom stereocenters. The van der Waals surface area contributed by atoms with Crippen LogP contribution in [-0.2, 0) is 4.79 Å². The SMILES string of the molecule is CC(C(=O)Nc1ccccc1)N1CCCC(N)C1. The summed E-state index contributed by atoms with van der Waals surface area (Å²) in [6, 6.07) is 9.62. The Morgan fingerprint density at radius 1 is 1.44 bits per heavy atom. The number of hydrogen-bond acceptors (Lipinski definition) is 3. The number of rotatable bonds is 3. The lowest BCUT2D eigenvalue weighted by Crippen LogP contribution is -2.50. The fourth-order valence-electron chi connectivity index (χ4n) is 2.33. The Kier molecular flexibility index (Phi) is 4.33. The third kappa shape index (κ3) is 3.31. The quantitative estimate of drug-likeness (QED) is 0.849. The van der Waals surface area contributed by atoms with Crippen molar-refractivity contribution in [3.63, 3.8) is 0 Å². The Bertz CT molecular complexity index is 393. The summed E-state index contributed by atoms with van der Waals surface area (Å²) in [5, 5.41) is 2.93. The number of carbonyl (C=O) groups excluding carboxylic acids is 1. The maximum Gasteiger partial charge on any atom is 0.241 e. The van der Waals surface area contributed by atoms with E-state index < -0.39 is 0 Å². The van der Waals surface area contributed by atoms with Gasteiger partial charge in [0.25, 0.3) is 0 Å². The highest BCUT2D eigenvalue weighted by Gasteiger charge is 2.25. The molecule has 3 N–H and O–H groups in total. The fourth-order valence-corrected chi connectivity index (χ4v) is 2.33.